The largest absolute Gasteiger partial charge is 0.508 e. The van der Waals surface area contributed by atoms with E-state index in [4.69, 9.17) is 5.11 Å². The van der Waals surface area contributed by atoms with Crippen molar-refractivity contribution in [2.24, 2.45) is 0 Å². The molecule has 0 aliphatic rings. The molecule has 0 aromatic heterocycles. The van der Waals surface area contributed by atoms with Crippen molar-refractivity contribution in [3.8, 4) is 5.75 Å². The minimum Gasteiger partial charge on any atom is -0.508 e. The van der Waals surface area contributed by atoms with Gasteiger partial charge in [0.25, 0.3) is 0 Å². The Morgan fingerprint density at radius 1 is 1.26 bits per heavy atom. The van der Waals surface area contributed by atoms with Crippen LogP contribution in [-0.4, -0.2) is 28.8 Å². The van der Waals surface area contributed by atoms with Crippen LogP contribution in [0.5, 0.6) is 5.75 Å². The number of rotatable bonds is 6. The summed E-state index contributed by atoms with van der Waals surface area (Å²) in [6, 6.07) is 3.31. The molecule has 0 heterocycles. The van der Waals surface area contributed by atoms with Gasteiger partial charge in [-0.1, -0.05) is 19.8 Å². The zero-order chi connectivity index (χ0) is 14.3. The van der Waals surface area contributed by atoms with Crippen molar-refractivity contribution in [2.45, 2.75) is 26.2 Å². The van der Waals surface area contributed by atoms with Crippen molar-refractivity contribution in [3.05, 3.63) is 23.8 Å². The third-order valence-corrected chi connectivity index (χ3v) is 2.55. The number of unbranched alkanes of at least 4 members (excludes halogenated alkanes) is 2. The number of amides is 2. The molecule has 0 radical (unpaired) electrons. The Morgan fingerprint density at radius 3 is 2.63 bits per heavy atom. The zero-order valence-corrected chi connectivity index (χ0v) is 10.8. The Bertz CT molecular complexity index is 460. The number of carbonyl (C=O) groups is 2. The standard InChI is InChI=1S/C13H18N2O4/c1-2-3-4-7-14-13(19)15-11-6-5-9(16)8-10(11)12(17)18/h5-6,8,16H,2-4,7H2,1H3,(H,17,18)(H2,14,15,19). The molecule has 0 aliphatic carbocycles. The summed E-state index contributed by atoms with van der Waals surface area (Å²) in [6.45, 7) is 2.61. The van der Waals surface area contributed by atoms with E-state index < -0.39 is 12.0 Å². The highest BCUT2D eigenvalue weighted by Gasteiger charge is 2.12. The number of hydrogen-bond donors (Lipinski definition) is 4. The van der Waals surface area contributed by atoms with Gasteiger partial charge in [0.2, 0.25) is 0 Å². The Morgan fingerprint density at radius 2 is 2.00 bits per heavy atom. The van der Waals surface area contributed by atoms with Gasteiger partial charge in [0, 0.05) is 6.54 Å². The molecule has 1 rings (SSSR count). The summed E-state index contributed by atoms with van der Waals surface area (Å²) >= 11 is 0. The first kappa shape index (κ1) is 14.8. The lowest BCUT2D eigenvalue weighted by molar-refractivity contribution is 0.0697. The number of aromatic hydroxyl groups is 1. The Hall–Kier alpha value is -2.24. The van der Waals surface area contributed by atoms with E-state index in [1.54, 1.807) is 0 Å². The lowest BCUT2D eigenvalue weighted by Gasteiger charge is -2.10. The quantitative estimate of drug-likeness (QED) is 0.469. The average molecular weight is 266 g/mol. The van der Waals surface area contributed by atoms with Gasteiger partial charge >= 0.3 is 12.0 Å². The fourth-order valence-corrected chi connectivity index (χ4v) is 1.56. The molecule has 0 fully saturated rings. The van der Waals surface area contributed by atoms with Crippen LogP contribution in [0.15, 0.2) is 18.2 Å². The Labute approximate surface area is 111 Å². The second kappa shape index (κ2) is 7.25. The number of phenolic OH excluding ortho intramolecular Hbond substituents is 1. The van der Waals surface area contributed by atoms with Crippen molar-refractivity contribution < 1.29 is 19.8 Å². The van der Waals surface area contributed by atoms with Gasteiger partial charge in [0.1, 0.15) is 5.75 Å². The van der Waals surface area contributed by atoms with Crippen LogP contribution in [0.2, 0.25) is 0 Å². The normalized spacial score (nSPS) is 9.95. The number of carbonyl (C=O) groups excluding carboxylic acids is 1. The number of aromatic carboxylic acids is 1. The highest BCUT2D eigenvalue weighted by molar-refractivity contribution is 6.00. The average Bonchev–Trinajstić information content (AvgIpc) is 2.36. The van der Waals surface area contributed by atoms with Crippen LogP contribution in [0.3, 0.4) is 0 Å². The Kier molecular flexibility index (Phi) is 5.66. The summed E-state index contributed by atoms with van der Waals surface area (Å²) in [4.78, 5) is 22.5. The number of urea groups is 1. The van der Waals surface area contributed by atoms with Crippen LogP contribution in [0.1, 0.15) is 36.5 Å². The van der Waals surface area contributed by atoms with Gasteiger partial charge in [-0.25, -0.2) is 9.59 Å². The van der Waals surface area contributed by atoms with Crippen molar-refractivity contribution in [3.63, 3.8) is 0 Å². The molecule has 0 spiro atoms. The van der Waals surface area contributed by atoms with Crippen LogP contribution in [0.25, 0.3) is 0 Å². The van der Waals surface area contributed by atoms with Crippen molar-refractivity contribution in [1.29, 1.82) is 0 Å². The van der Waals surface area contributed by atoms with Crippen LogP contribution < -0.4 is 10.6 Å². The molecule has 104 valence electrons. The highest BCUT2D eigenvalue weighted by Crippen LogP contribution is 2.21. The molecule has 2 amide bonds. The Balaban J connectivity index is 2.61. The molecule has 6 heteroatoms. The lowest BCUT2D eigenvalue weighted by Crippen LogP contribution is -2.30. The van der Waals surface area contributed by atoms with E-state index in [9.17, 15) is 14.7 Å². The van der Waals surface area contributed by atoms with Gasteiger partial charge in [0.05, 0.1) is 11.3 Å². The highest BCUT2D eigenvalue weighted by atomic mass is 16.4. The first-order valence-electron chi connectivity index (χ1n) is 6.15. The summed E-state index contributed by atoms with van der Waals surface area (Å²) in [5, 5.41) is 23.3. The van der Waals surface area contributed by atoms with E-state index in [1.807, 2.05) is 0 Å². The van der Waals surface area contributed by atoms with E-state index >= 15 is 0 Å². The second-order valence-corrected chi connectivity index (χ2v) is 4.12. The maximum Gasteiger partial charge on any atom is 0.337 e. The first-order chi connectivity index (χ1) is 9.04. The SMILES string of the molecule is CCCCCNC(=O)Nc1ccc(O)cc1C(=O)O. The van der Waals surface area contributed by atoms with E-state index in [-0.39, 0.29) is 17.0 Å². The topological polar surface area (TPSA) is 98.7 Å². The molecule has 0 saturated carbocycles. The number of phenols is 1. The summed E-state index contributed by atoms with van der Waals surface area (Å²) in [5.41, 5.74) is 0.00185. The summed E-state index contributed by atoms with van der Waals surface area (Å²) < 4.78 is 0. The van der Waals surface area contributed by atoms with Gasteiger partial charge in [-0.05, 0) is 24.6 Å². The number of carboxylic acids is 1. The van der Waals surface area contributed by atoms with E-state index in [1.165, 1.54) is 12.1 Å². The summed E-state index contributed by atoms with van der Waals surface area (Å²) in [6.07, 6.45) is 2.97. The molecule has 4 N–H and O–H groups in total. The van der Waals surface area contributed by atoms with E-state index in [0.29, 0.717) is 6.54 Å². The molecule has 0 bridgehead atoms. The summed E-state index contributed by atoms with van der Waals surface area (Å²) in [5.74, 6) is -1.37. The number of benzene rings is 1. The molecule has 1 aromatic rings. The number of carboxylic acid groups (broad SMARTS) is 1. The third-order valence-electron chi connectivity index (χ3n) is 2.55. The lowest BCUT2D eigenvalue weighted by atomic mass is 10.1. The fourth-order valence-electron chi connectivity index (χ4n) is 1.56. The molecular formula is C13H18N2O4. The van der Waals surface area contributed by atoms with E-state index in [2.05, 4.69) is 17.6 Å². The molecular weight excluding hydrogens is 248 g/mol. The fraction of sp³-hybridized carbons (Fsp3) is 0.385. The molecule has 0 atom stereocenters. The first-order valence-corrected chi connectivity index (χ1v) is 6.15. The van der Waals surface area contributed by atoms with Gasteiger partial charge in [0.15, 0.2) is 0 Å². The maximum atomic E-state index is 11.6. The molecule has 6 nitrogen and oxygen atoms in total. The van der Waals surface area contributed by atoms with Crippen molar-refractivity contribution in [2.75, 3.05) is 11.9 Å². The van der Waals surface area contributed by atoms with Crippen molar-refractivity contribution in [1.82, 2.24) is 5.32 Å². The van der Waals surface area contributed by atoms with Gasteiger partial charge in [-0.3, -0.25) is 0 Å². The number of hydrogen-bond acceptors (Lipinski definition) is 3. The van der Waals surface area contributed by atoms with E-state index in [0.717, 1.165) is 25.3 Å². The molecule has 0 unspecified atom stereocenters. The summed E-state index contributed by atoms with van der Waals surface area (Å²) in [7, 11) is 0. The number of nitrogens with one attached hydrogen (secondary N) is 2. The van der Waals surface area contributed by atoms with Crippen LogP contribution in [0.4, 0.5) is 10.5 Å². The molecule has 1 aromatic carbocycles. The van der Waals surface area contributed by atoms with Gasteiger partial charge in [-0.2, -0.15) is 0 Å². The molecule has 19 heavy (non-hydrogen) atoms. The maximum absolute atomic E-state index is 11.6. The molecule has 0 saturated heterocycles. The monoisotopic (exact) mass is 266 g/mol. The minimum atomic E-state index is -1.21. The molecule has 0 aliphatic heterocycles. The van der Waals surface area contributed by atoms with Crippen LogP contribution in [-0.2, 0) is 0 Å². The third kappa shape index (κ3) is 4.87. The predicted octanol–water partition coefficient (Wildman–Crippen LogP) is 2.40. The van der Waals surface area contributed by atoms with Crippen LogP contribution >= 0.6 is 0 Å². The van der Waals surface area contributed by atoms with Crippen LogP contribution in [0, 0.1) is 0 Å². The van der Waals surface area contributed by atoms with Crippen molar-refractivity contribution >= 4 is 17.7 Å². The minimum absolute atomic E-state index is 0.149. The number of anilines is 1. The second-order valence-electron chi connectivity index (χ2n) is 4.12. The zero-order valence-electron chi connectivity index (χ0n) is 10.8. The van der Waals surface area contributed by atoms with Gasteiger partial charge < -0.3 is 20.8 Å². The van der Waals surface area contributed by atoms with Gasteiger partial charge in [-0.15, -0.1) is 0 Å². The predicted molar refractivity (Wildman–Crippen MR) is 71.6 cm³/mol. The smallest absolute Gasteiger partial charge is 0.337 e.